The molecule has 0 aromatic rings. The summed E-state index contributed by atoms with van der Waals surface area (Å²) in [4.78, 5) is 8.17. The number of halogens is 3. The predicted octanol–water partition coefficient (Wildman–Crippen LogP) is 2.93. The monoisotopic (exact) mass is 381 g/mol. The second-order valence-electron chi connectivity index (χ2n) is 7.17. The van der Waals surface area contributed by atoms with Gasteiger partial charge in [-0.1, -0.05) is 0 Å². The Balaban J connectivity index is 4.17. The molecule has 0 fully saturated rings. The number of nitrogens with one attached hydrogen (secondary N) is 2. The van der Waals surface area contributed by atoms with E-state index in [2.05, 4.69) is 48.2 Å². The highest BCUT2D eigenvalue weighted by Crippen LogP contribution is 2.15. The lowest BCUT2D eigenvalue weighted by Gasteiger charge is -2.30. The smallest absolute Gasteiger partial charge is 0.357 e. The molecule has 0 bridgehead atoms. The van der Waals surface area contributed by atoms with Crippen LogP contribution in [0.3, 0.4) is 0 Å². The number of alkyl halides is 3. The van der Waals surface area contributed by atoms with E-state index >= 15 is 0 Å². The number of guanidine groups is 1. The molecule has 0 aromatic carbocycles. The molecule has 0 atom stereocenters. The van der Waals surface area contributed by atoms with E-state index < -0.39 is 12.7 Å². The molecular weight excluding hydrogens is 343 g/mol. The van der Waals surface area contributed by atoms with E-state index in [9.17, 15) is 13.2 Å². The lowest BCUT2D eigenvalue weighted by molar-refractivity contribution is -0.143. The summed E-state index contributed by atoms with van der Waals surface area (Å²) in [6.07, 6.45) is -2.54. The molecule has 0 rings (SSSR count). The topological polar surface area (TPSA) is 42.9 Å². The second-order valence-corrected chi connectivity index (χ2v) is 7.17. The molecule has 5 nitrogen and oxygen atoms in total. The molecule has 26 heavy (non-hydrogen) atoms. The summed E-state index contributed by atoms with van der Waals surface area (Å²) < 4.78 is 36.8. The van der Waals surface area contributed by atoms with Crippen molar-refractivity contribution in [1.82, 2.24) is 20.4 Å². The third kappa shape index (κ3) is 13.2. The number of hydrogen-bond acceptors (Lipinski definition) is 3. The quantitative estimate of drug-likeness (QED) is 0.310. The van der Waals surface area contributed by atoms with Crippen LogP contribution in [0, 0.1) is 0 Å². The minimum atomic E-state index is -4.14. The Morgan fingerprint density at radius 1 is 1.00 bits per heavy atom. The first-order valence-electron chi connectivity index (χ1n) is 9.60. The highest BCUT2D eigenvalue weighted by Gasteiger charge is 2.28. The van der Waals surface area contributed by atoms with Crippen molar-refractivity contribution in [3.63, 3.8) is 0 Å². The van der Waals surface area contributed by atoms with Crippen LogP contribution < -0.4 is 10.6 Å². The fraction of sp³-hybridized carbons (Fsp3) is 0.944. The zero-order valence-electron chi connectivity index (χ0n) is 17.3. The van der Waals surface area contributed by atoms with E-state index in [0.717, 1.165) is 32.0 Å². The van der Waals surface area contributed by atoms with Gasteiger partial charge in [-0.15, -0.1) is 0 Å². The SMILES string of the molecule is CCNC(=NCCCN(C)CC(F)(F)F)NCCCN(C(C)C)C(C)C. The van der Waals surface area contributed by atoms with Crippen LogP contribution in [0.15, 0.2) is 4.99 Å². The van der Waals surface area contributed by atoms with Crippen molar-refractivity contribution in [2.24, 2.45) is 4.99 Å². The van der Waals surface area contributed by atoms with E-state index in [1.807, 2.05) is 6.92 Å². The largest absolute Gasteiger partial charge is 0.401 e. The molecule has 0 radical (unpaired) electrons. The van der Waals surface area contributed by atoms with E-state index in [4.69, 9.17) is 0 Å². The second kappa shape index (κ2) is 13.2. The predicted molar refractivity (Wildman–Crippen MR) is 104 cm³/mol. The minimum Gasteiger partial charge on any atom is -0.357 e. The highest BCUT2D eigenvalue weighted by molar-refractivity contribution is 5.79. The molecule has 0 aliphatic carbocycles. The lowest BCUT2D eigenvalue weighted by Crippen LogP contribution is -2.41. The van der Waals surface area contributed by atoms with Crippen LogP contribution in [0.2, 0.25) is 0 Å². The van der Waals surface area contributed by atoms with Gasteiger partial charge in [-0.3, -0.25) is 14.8 Å². The van der Waals surface area contributed by atoms with Crippen molar-refractivity contribution >= 4 is 5.96 Å². The van der Waals surface area contributed by atoms with Gasteiger partial charge in [0.05, 0.1) is 6.54 Å². The van der Waals surface area contributed by atoms with Crippen molar-refractivity contribution in [2.75, 3.05) is 46.3 Å². The van der Waals surface area contributed by atoms with E-state index in [-0.39, 0.29) is 0 Å². The number of nitrogens with zero attached hydrogens (tertiary/aromatic N) is 3. The number of rotatable bonds is 12. The summed E-state index contributed by atoms with van der Waals surface area (Å²) in [6.45, 7) is 13.4. The molecule has 2 N–H and O–H groups in total. The Morgan fingerprint density at radius 3 is 2.12 bits per heavy atom. The summed E-state index contributed by atoms with van der Waals surface area (Å²) in [6, 6.07) is 1.04. The third-order valence-electron chi connectivity index (χ3n) is 3.97. The molecule has 0 amide bonds. The van der Waals surface area contributed by atoms with Gasteiger partial charge in [0.1, 0.15) is 0 Å². The van der Waals surface area contributed by atoms with Crippen molar-refractivity contribution in [3.8, 4) is 0 Å². The third-order valence-corrected chi connectivity index (χ3v) is 3.97. The van der Waals surface area contributed by atoms with Gasteiger partial charge in [0.25, 0.3) is 0 Å². The van der Waals surface area contributed by atoms with Gasteiger partial charge in [0.15, 0.2) is 5.96 Å². The molecule has 0 heterocycles. The molecule has 0 spiro atoms. The highest BCUT2D eigenvalue weighted by atomic mass is 19.4. The van der Waals surface area contributed by atoms with E-state index in [0.29, 0.717) is 31.6 Å². The Bertz CT molecular complexity index is 376. The van der Waals surface area contributed by atoms with Gasteiger partial charge < -0.3 is 10.6 Å². The normalized spacial score (nSPS) is 13.3. The molecule has 0 saturated heterocycles. The van der Waals surface area contributed by atoms with Crippen LogP contribution in [-0.4, -0.2) is 80.3 Å². The van der Waals surface area contributed by atoms with Crippen LogP contribution in [-0.2, 0) is 0 Å². The first-order chi connectivity index (χ1) is 12.1. The maximum atomic E-state index is 12.3. The zero-order chi connectivity index (χ0) is 20.2. The standard InChI is InChI=1S/C18H38F3N5/c1-7-22-17(23-10-8-12-25(6)14-18(19,20)21)24-11-9-13-26(15(2)3)16(4)5/h15-16H,7-14H2,1-6H3,(H2,22,23,24). The van der Waals surface area contributed by atoms with Gasteiger partial charge in [-0.05, 0) is 61.1 Å². The van der Waals surface area contributed by atoms with Gasteiger partial charge in [0.2, 0.25) is 0 Å². The van der Waals surface area contributed by atoms with Gasteiger partial charge in [-0.25, -0.2) is 0 Å². The fourth-order valence-corrected chi connectivity index (χ4v) is 2.84. The summed E-state index contributed by atoms with van der Waals surface area (Å²) in [5, 5.41) is 6.47. The maximum Gasteiger partial charge on any atom is 0.401 e. The van der Waals surface area contributed by atoms with E-state index in [1.165, 1.54) is 11.9 Å². The Hall–Kier alpha value is -1.02. The molecule has 0 aliphatic heterocycles. The first kappa shape index (κ1) is 25.0. The summed E-state index contributed by atoms with van der Waals surface area (Å²) in [7, 11) is 1.48. The van der Waals surface area contributed by atoms with E-state index in [1.54, 1.807) is 0 Å². The average molecular weight is 382 g/mol. The first-order valence-corrected chi connectivity index (χ1v) is 9.60. The molecule has 156 valence electrons. The van der Waals surface area contributed by atoms with Gasteiger partial charge >= 0.3 is 6.18 Å². The molecule has 0 saturated carbocycles. The van der Waals surface area contributed by atoms with Crippen molar-refractivity contribution < 1.29 is 13.2 Å². The molecule has 0 unspecified atom stereocenters. The summed E-state index contributed by atoms with van der Waals surface area (Å²) in [5.41, 5.74) is 0. The number of hydrogen-bond donors (Lipinski definition) is 2. The minimum absolute atomic E-state index is 0.375. The van der Waals surface area contributed by atoms with Gasteiger partial charge in [-0.2, -0.15) is 13.2 Å². The lowest BCUT2D eigenvalue weighted by atomic mass is 10.2. The fourth-order valence-electron chi connectivity index (χ4n) is 2.84. The molecule has 0 aliphatic rings. The number of aliphatic imine (C=N–C) groups is 1. The van der Waals surface area contributed by atoms with Crippen molar-refractivity contribution in [3.05, 3.63) is 0 Å². The van der Waals surface area contributed by atoms with Crippen LogP contribution in [0.4, 0.5) is 13.2 Å². The Morgan fingerprint density at radius 2 is 1.62 bits per heavy atom. The zero-order valence-corrected chi connectivity index (χ0v) is 17.3. The van der Waals surface area contributed by atoms with Crippen LogP contribution in [0.5, 0.6) is 0 Å². The van der Waals surface area contributed by atoms with Crippen molar-refractivity contribution in [1.29, 1.82) is 0 Å². The summed E-state index contributed by atoms with van der Waals surface area (Å²) >= 11 is 0. The van der Waals surface area contributed by atoms with Crippen LogP contribution in [0.25, 0.3) is 0 Å². The molecule has 0 aromatic heterocycles. The van der Waals surface area contributed by atoms with Crippen LogP contribution in [0.1, 0.15) is 47.5 Å². The van der Waals surface area contributed by atoms with Crippen LogP contribution >= 0.6 is 0 Å². The Kier molecular flexibility index (Phi) is 12.7. The maximum absolute atomic E-state index is 12.3. The van der Waals surface area contributed by atoms with Crippen molar-refractivity contribution in [2.45, 2.75) is 65.7 Å². The average Bonchev–Trinajstić information content (AvgIpc) is 2.48. The molecular formula is C18H38F3N5. The van der Waals surface area contributed by atoms with Gasteiger partial charge in [0, 0.05) is 38.3 Å². The molecule has 8 heteroatoms. The summed E-state index contributed by atoms with van der Waals surface area (Å²) in [5.74, 6) is 0.728. The Labute approximate surface area is 157 Å².